The van der Waals surface area contributed by atoms with E-state index < -0.39 is 0 Å². The summed E-state index contributed by atoms with van der Waals surface area (Å²) in [5.41, 5.74) is 2.12. The zero-order valence-electron chi connectivity index (χ0n) is 13.4. The van der Waals surface area contributed by atoms with E-state index in [0.717, 1.165) is 30.2 Å². The number of benzene rings is 1. The number of rotatable bonds is 5. The first-order chi connectivity index (χ1) is 10.3. The molecule has 2 fully saturated rings. The highest BCUT2D eigenvalue weighted by molar-refractivity contribution is 5.28. The van der Waals surface area contributed by atoms with Crippen LogP contribution >= 0.6 is 0 Å². The molecule has 0 saturated heterocycles. The third kappa shape index (κ3) is 3.79. The predicted molar refractivity (Wildman–Crippen MR) is 87.9 cm³/mol. The molecule has 0 radical (unpaired) electrons. The van der Waals surface area contributed by atoms with Crippen LogP contribution in [0, 0.1) is 5.41 Å². The highest BCUT2D eigenvalue weighted by Gasteiger charge is 2.37. The number of hydrogen-bond donors (Lipinski definition) is 1. The second-order valence-corrected chi connectivity index (χ2v) is 7.04. The molecule has 1 aromatic carbocycles. The van der Waals surface area contributed by atoms with Crippen molar-refractivity contribution in [3.8, 4) is 5.75 Å². The van der Waals surface area contributed by atoms with Crippen molar-refractivity contribution in [1.82, 2.24) is 5.32 Å². The predicted octanol–water partition coefficient (Wildman–Crippen LogP) is 4.33. The molecule has 2 aliphatic carbocycles. The van der Waals surface area contributed by atoms with Crippen molar-refractivity contribution in [3.63, 3.8) is 0 Å². The zero-order valence-corrected chi connectivity index (χ0v) is 13.4. The Hall–Kier alpha value is -1.02. The molecule has 2 aliphatic rings. The Balaban J connectivity index is 1.40. The van der Waals surface area contributed by atoms with Crippen LogP contribution in [0.3, 0.4) is 0 Å². The molecule has 3 rings (SSSR count). The van der Waals surface area contributed by atoms with Gasteiger partial charge in [0.15, 0.2) is 0 Å². The minimum absolute atomic E-state index is 0.752. The van der Waals surface area contributed by atoms with Gasteiger partial charge in [-0.3, -0.25) is 0 Å². The molecular formula is C19H29NO. The van der Waals surface area contributed by atoms with Gasteiger partial charge in [-0.05, 0) is 74.6 Å². The maximum atomic E-state index is 5.28. The lowest BCUT2D eigenvalue weighted by Crippen LogP contribution is -2.37. The van der Waals surface area contributed by atoms with Crippen molar-refractivity contribution >= 4 is 0 Å². The molecule has 1 aromatic rings. The van der Waals surface area contributed by atoms with Crippen molar-refractivity contribution in [2.24, 2.45) is 5.41 Å². The molecule has 0 aromatic heterocycles. The Morgan fingerprint density at radius 3 is 2.62 bits per heavy atom. The SMILES string of the molecule is COc1cccc(CCNC2CCC3(CCCC3)CC2)c1. The first-order valence-electron chi connectivity index (χ1n) is 8.66. The van der Waals surface area contributed by atoms with Gasteiger partial charge >= 0.3 is 0 Å². The van der Waals surface area contributed by atoms with E-state index in [1.54, 1.807) is 7.11 Å². The second kappa shape index (κ2) is 6.83. The molecule has 0 unspecified atom stereocenters. The fraction of sp³-hybridized carbons (Fsp3) is 0.684. The third-order valence-corrected chi connectivity index (χ3v) is 5.69. The summed E-state index contributed by atoms with van der Waals surface area (Å²) in [6.07, 6.45) is 12.8. The van der Waals surface area contributed by atoms with E-state index in [-0.39, 0.29) is 0 Å². The summed E-state index contributed by atoms with van der Waals surface area (Å²) in [6.45, 7) is 1.09. The van der Waals surface area contributed by atoms with Gasteiger partial charge in [0, 0.05) is 6.04 Å². The molecule has 0 bridgehead atoms. The van der Waals surface area contributed by atoms with Gasteiger partial charge in [-0.2, -0.15) is 0 Å². The van der Waals surface area contributed by atoms with Crippen molar-refractivity contribution in [2.75, 3.05) is 13.7 Å². The summed E-state index contributed by atoms with van der Waals surface area (Å²) in [5, 5.41) is 3.77. The standard InChI is InChI=1S/C19H29NO/c1-21-18-6-4-5-16(15-18)9-14-20-17-7-12-19(13-8-17)10-2-3-11-19/h4-6,15,17,20H,2-3,7-14H2,1H3. The summed E-state index contributed by atoms with van der Waals surface area (Å²) in [6, 6.07) is 9.19. The van der Waals surface area contributed by atoms with E-state index in [1.165, 1.54) is 56.9 Å². The van der Waals surface area contributed by atoms with Crippen LogP contribution in [0.15, 0.2) is 24.3 Å². The molecule has 2 heteroatoms. The van der Waals surface area contributed by atoms with E-state index in [4.69, 9.17) is 4.74 Å². The molecular weight excluding hydrogens is 258 g/mol. The molecule has 21 heavy (non-hydrogen) atoms. The minimum Gasteiger partial charge on any atom is -0.497 e. The van der Waals surface area contributed by atoms with E-state index >= 15 is 0 Å². The summed E-state index contributed by atoms with van der Waals surface area (Å²) < 4.78 is 5.28. The number of hydrogen-bond acceptors (Lipinski definition) is 2. The van der Waals surface area contributed by atoms with Gasteiger partial charge in [0.25, 0.3) is 0 Å². The van der Waals surface area contributed by atoms with E-state index in [1.807, 2.05) is 6.07 Å². The second-order valence-electron chi connectivity index (χ2n) is 7.04. The highest BCUT2D eigenvalue weighted by atomic mass is 16.5. The maximum Gasteiger partial charge on any atom is 0.119 e. The van der Waals surface area contributed by atoms with E-state index in [0.29, 0.717) is 0 Å². The van der Waals surface area contributed by atoms with Crippen LogP contribution in [-0.2, 0) is 6.42 Å². The van der Waals surface area contributed by atoms with Gasteiger partial charge < -0.3 is 10.1 Å². The smallest absolute Gasteiger partial charge is 0.119 e. The molecule has 1 N–H and O–H groups in total. The highest BCUT2D eigenvalue weighted by Crippen LogP contribution is 2.48. The van der Waals surface area contributed by atoms with Crippen molar-refractivity contribution in [2.45, 2.75) is 63.8 Å². The average Bonchev–Trinajstić information content (AvgIpc) is 2.98. The molecule has 116 valence electrons. The van der Waals surface area contributed by atoms with E-state index in [2.05, 4.69) is 23.5 Å². The number of nitrogens with one attached hydrogen (secondary N) is 1. The topological polar surface area (TPSA) is 21.3 Å². The maximum absolute atomic E-state index is 5.28. The van der Waals surface area contributed by atoms with Crippen molar-refractivity contribution in [3.05, 3.63) is 29.8 Å². The molecule has 0 atom stereocenters. The lowest BCUT2D eigenvalue weighted by atomic mass is 9.71. The minimum atomic E-state index is 0.752. The summed E-state index contributed by atoms with van der Waals surface area (Å²) >= 11 is 0. The first-order valence-corrected chi connectivity index (χ1v) is 8.66. The number of methoxy groups -OCH3 is 1. The van der Waals surface area contributed by atoms with Gasteiger partial charge in [0.1, 0.15) is 5.75 Å². The zero-order chi connectivity index (χ0) is 14.5. The normalized spacial score (nSPS) is 21.8. The molecule has 1 spiro atoms. The molecule has 0 amide bonds. The Kier molecular flexibility index (Phi) is 4.84. The number of ether oxygens (including phenoxy) is 1. The van der Waals surface area contributed by atoms with E-state index in [9.17, 15) is 0 Å². The van der Waals surface area contributed by atoms with Crippen LogP contribution in [0.1, 0.15) is 56.9 Å². The monoisotopic (exact) mass is 287 g/mol. The Morgan fingerprint density at radius 1 is 1.14 bits per heavy atom. The Morgan fingerprint density at radius 2 is 1.90 bits per heavy atom. The van der Waals surface area contributed by atoms with Crippen LogP contribution in [0.4, 0.5) is 0 Å². The van der Waals surface area contributed by atoms with Crippen LogP contribution in [-0.4, -0.2) is 19.7 Å². The van der Waals surface area contributed by atoms with Gasteiger partial charge in [-0.1, -0.05) is 25.0 Å². The van der Waals surface area contributed by atoms with Gasteiger partial charge in [0.05, 0.1) is 7.11 Å². The van der Waals surface area contributed by atoms with Crippen LogP contribution < -0.4 is 10.1 Å². The first kappa shape index (κ1) is 14.9. The fourth-order valence-electron chi connectivity index (χ4n) is 4.31. The van der Waals surface area contributed by atoms with Gasteiger partial charge in [-0.25, -0.2) is 0 Å². The third-order valence-electron chi connectivity index (χ3n) is 5.69. The Labute approximate surface area is 129 Å². The molecule has 0 aliphatic heterocycles. The Bertz CT molecular complexity index is 441. The summed E-state index contributed by atoms with van der Waals surface area (Å²) in [5.74, 6) is 0.966. The molecule has 2 nitrogen and oxygen atoms in total. The lowest BCUT2D eigenvalue weighted by Gasteiger charge is -2.37. The fourth-order valence-corrected chi connectivity index (χ4v) is 4.31. The summed E-state index contributed by atoms with van der Waals surface area (Å²) in [4.78, 5) is 0. The van der Waals surface area contributed by atoms with Crippen molar-refractivity contribution in [1.29, 1.82) is 0 Å². The molecule has 0 heterocycles. The quantitative estimate of drug-likeness (QED) is 0.870. The van der Waals surface area contributed by atoms with Crippen LogP contribution in [0.25, 0.3) is 0 Å². The van der Waals surface area contributed by atoms with Crippen LogP contribution in [0.5, 0.6) is 5.75 Å². The van der Waals surface area contributed by atoms with Gasteiger partial charge in [-0.15, -0.1) is 0 Å². The largest absolute Gasteiger partial charge is 0.497 e. The lowest BCUT2D eigenvalue weighted by molar-refractivity contribution is 0.169. The van der Waals surface area contributed by atoms with Crippen molar-refractivity contribution < 1.29 is 4.74 Å². The van der Waals surface area contributed by atoms with Gasteiger partial charge in [0.2, 0.25) is 0 Å². The average molecular weight is 287 g/mol. The van der Waals surface area contributed by atoms with Crippen LogP contribution in [0.2, 0.25) is 0 Å². The summed E-state index contributed by atoms with van der Waals surface area (Å²) in [7, 11) is 1.73. The molecule has 2 saturated carbocycles.